The second-order valence-corrected chi connectivity index (χ2v) is 11.6. The number of thiocarbonyl (C=S) groups is 2. The molecule has 0 amide bonds. The van der Waals surface area contributed by atoms with E-state index < -0.39 is 62.0 Å². The maximum atomic E-state index is 10.2. The van der Waals surface area contributed by atoms with E-state index in [0.717, 1.165) is 44.9 Å². The van der Waals surface area contributed by atoms with Crippen LogP contribution in [0, 0.1) is 0 Å². The molecule has 0 aliphatic heterocycles. The summed E-state index contributed by atoms with van der Waals surface area (Å²) in [5.41, 5.74) is 0. The third-order valence-electron chi connectivity index (χ3n) is 6.34. The van der Waals surface area contributed by atoms with Gasteiger partial charge < -0.3 is 111 Å². The van der Waals surface area contributed by atoms with E-state index in [0.29, 0.717) is 13.1 Å². The van der Waals surface area contributed by atoms with Gasteiger partial charge in [-0.1, -0.05) is 40.7 Å². The van der Waals surface area contributed by atoms with Crippen LogP contribution in [0.5, 0.6) is 0 Å². The Kier molecular flexibility index (Phi) is 31.1. The van der Waals surface area contributed by atoms with Gasteiger partial charge in [-0.05, 0) is 12.8 Å². The van der Waals surface area contributed by atoms with Crippen LogP contribution in [-0.2, 0) is 25.3 Å². The summed E-state index contributed by atoms with van der Waals surface area (Å²) in [6, 6.07) is 0. The molecule has 41 heavy (non-hydrogen) atoms. The number of hydrogen-bond acceptors (Lipinski definition) is 14. The van der Waals surface area contributed by atoms with E-state index in [1.54, 1.807) is 0 Å². The zero-order valence-corrected chi connectivity index (χ0v) is 31.1. The molecule has 0 radical (unpaired) electrons. The van der Waals surface area contributed by atoms with Crippen LogP contribution in [0.1, 0.15) is 44.9 Å². The predicted octanol–water partition coefficient (Wildman–Crippen LogP) is -9.14. The van der Waals surface area contributed by atoms with Gasteiger partial charge in [0.1, 0.15) is 36.6 Å². The van der Waals surface area contributed by atoms with Crippen LogP contribution in [0.3, 0.4) is 0 Å². The van der Waals surface area contributed by atoms with Gasteiger partial charge in [0.25, 0.3) is 0 Å². The molecule has 0 aromatic carbocycles. The summed E-state index contributed by atoms with van der Waals surface area (Å²) in [4.78, 5) is 3.08. The fourth-order valence-electron chi connectivity index (χ4n) is 3.80. The molecule has 232 valence electrons. The monoisotopic (exact) mass is 682 g/mol. The zero-order chi connectivity index (χ0) is 30.1. The second kappa shape index (κ2) is 27.0. The maximum Gasteiger partial charge on any atom is 1.00 e. The van der Waals surface area contributed by atoms with Gasteiger partial charge in [-0.2, -0.15) is 0 Å². The Hall–Kier alpha value is 1.82. The molecule has 0 aliphatic rings. The largest absolute Gasteiger partial charge is 1.00 e. The van der Waals surface area contributed by atoms with Gasteiger partial charge in [-0.25, -0.2) is 0 Å². The molecule has 0 unspecified atom stereocenters. The van der Waals surface area contributed by atoms with Crippen LogP contribution >= 0.6 is 24.4 Å². The van der Waals surface area contributed by atoms with E-state index in [2.05, 4.69) is 0 Å². The van der Waals surface area contributed by atoms with Crippen LogP contribution in [0.15, 0.2) is 0 Å². The molecule has 0 bridgehead atoms. The summed E-state index contributed by atoms with van der Waals surface area (Å²) in [5, 5.41) is 96.4. The van der Waals surface area contributed by atoms with Crippen LogP contribution in [0.4, 0.5) is 0 Å². The molecular weight excluding hydrogens is 639 g/mol. The van der Waals surface area contributed by atoms with E-state index in [4.69, 9.17) is 59.9 Å². The molecule has 18 heteroatoms. The maximum absolute atomic E-state index is 10.2. The first-order chi connectivity index (χ1) is 18.3. The second-order valence-electron chi connectivity index (χ2n) is 9.50. The fourth-order valence-corrected chi connectivity index (χ4v) is 4.46. The van der Waals surface area contributed by atoms with Crippen molar-refractivity contribution in [1.29, 1.82) is 0 Å². The van der Waals surface area contributed by atoms with Gasteiger partial charge >= 0.3 is 59.1 Å². The first-order valence-corrected chi connectivity index (χ1v) is 14.5. The third-order valence-corrected chi connectivity index (χ3v) is 7.37. The van der Waals surface area contributed by atoms with Crippen molar-refractivity contribution in [2.45, 2.75) is 93.8 Å². The Labute approximate surface area is 308 Å². The molecular formula is C23H44N2Na2O10S4. The van der Waals surface area contributed by atoms with Crippen molar-refractivity contribution in [1.82, 2.24) is 9.80 Å². The molecule has 10 N–H and O–H groups in total. The van der Waals surface area contributed by atoms with Crippen LogP contribution in [0.2, 0.25) is 0 Å². The number of unbranched alkanes of at least 4 members (excludes halogenated alkanes) is 6. The standard InChI is InChI=1S/C23H46N2O10S4.2Na/c26-12-16(30)20(34)18(32)14(28)10-24(22(36)37)8-6-4-2-1-3-5-7-9-25(23(38)39)11-15(29)19(33)21(35)17(31)13-27;;/h14-21,26-35H,1-13H2,(H,36,37)(H,38,39);;/q;2*+1/p-2/t14-,15-,16+,17+,18+,19+,20+,21+;;/m0../s1. The summed E-state index contributed by atoms with van der Waals surface area (Å²) in [7, 11) is 0. The van der Waals surface area contributed by atoms with Crippen LogP contribution < -0.4 is 59.1 Å². The quantitative estimate of drug-likeness (QED) is 0.0223. The van der Waals surface area contributed by atoms with Crippen molar-refractivity contribution in [3.63, 3.8) is 0 Å². The van der Waals surface area contributed by atoms with Crippen molar-refractivity contribution in [2.24, 2.45) is 0 Å². The Morgan fingerprint density at radius 3 is 0.976 bits per heavy atom. The minimum absolute atomic E-state index is 0. The minimum Gasteiger partial charge on any atom is -0.411 e. The molecule has 8 atom stereocenters. The van der Waals surface area contributed by atoms with Gasteiger partial charge in [0, 0.05) is 26.2 Å². The Balaban J connectivity index is -0.00000722. The Morgan fingerprint density at radius 2 is 0.732 bits per heavy atom. The van der Waals surface area contributed by atoms with E-state index in [-0.39, 0.29) is 80.8 Å². The number of hydrogen-bond donors (Lipinski definition) is 10. The smallest absolute Gasteiger partial charge is 0.411 e. The Bertz CT molecular complexity index is 644. The van der Waals surface area contributed by atoms with Gasteiger partial charge in [0.15, 0.2) is 0 Å². The van der Waals surface area contributed by atoms with Crippen molar-refractivity contribution in [2.75, 3.05) is 39.4 Å². The molecule has 0 saturated carbocycles. The van der Waals surface area contributed by atoms with Crippen molar-refractivity contribution in [3.8, 4) is 0 Å². The molecule has 0 aliphatic carbocycles. The molecule has 0 aromatic rings. The van der Waals surface area contributed by atoms with Crippen molar-refractivity contribution in [3.05, 3.63) is 0 Å². The average molecular weight is 683 g/mol. The molecule has 0 rings (SSSR count). The topological polar surface area (TPSA) is 209 Å². The van der Waals surface area contributed by atoms with E-state index in [1.165, 1.54) is 9.80 Å². The molecule has 0 spiro atoms. The summed E-state index contributed by atoms with van der Waals surface area (Å²) in [6.07, 6.45) is -6.77. The van der Waals surface area contributed by atoms with Gasteiger partial charge in [-0.15, -0.1) is 0 Å². The number of aliphatic hydroxyl groups excluding tert-OH is 10. The van der Waals surface area contributed by atoms with E-state index in [1.807, 2.05) is 0 Å². The molecule has 0 fully saturated rings. The zero-order valence-electron chi connectivity index (χ0n) is 23.8. The van der Waals surface area contributed by atoms with Gasteiger partial charge in [-0.3, -0.25) is 0 Å². The molecule has 0 heterocycles. The van der Waals surface area contributed by atoms with Crippen LogP contribution in [0.25, 0.3) is 0 Å². The first kappa shape index (κ1) is 47.2. The summed E-state index contributed by atoms with van der Waals surface area (Å²) in [5.74, 6) is 0. The average Bonchev–Trinajstić information content (AvgIpc) is 2.91. The van der Waals surface area contributed by atoms with Crippen molar-refractivity contribution < 1.29 is 110 Å². The molecule has 0 saturated heterocycles. The number of rotatable bonds is 22. The fraction of sp³-hybridized carbons (Fsp3) is 0.913. The molecule has 12 nitrogen and oxygen atoms in total. The predicted molar refractivity (Wildman–Crippen MR) is 158 cm³/mol. The Morgan fingerprint density at radius 1 is 0.488 bits per heavy atom. The number of aliphatic hydroxyl groups is 10. The minimum atomic E-state index is -1.71. The van der Waals surface area contributed by atoms with Crippen molar-refractivity contribution >= 4 is 58.3 Å². The first-order valence-electron chi connectivity index (χ1n) is 12.9. The molecule has 0 aromatic heterocycles. The number of nitrogens with zero attached hydrogens (tertiary/aromatic N) is 2. The normalized spacial score (nSPS) is 17.0. The SMILES string of the molecule is OC[C@@H](O)[C@@H](O)[C@H](O)[C@@H](O)CN(CCCCCCCCCN(C[C@H](O)[C@@H](O)[C@H](O)[C@H](O)CO)C(=S)[S-])C(=S)[S-].[Na+].[Na+]. The summed E-state index contributed by atoms with van der Waals surface area (Å²) in [6.45, 7) is -0.852. The summed E-state index contributed by atoms with van der Waals surface area (Å²) >= 11 is 20.1. The van der Waals surface area contributed by atoms with Crippen LogP contribution in [-0.4, -0.2) is 158 Å². The van der Waals surface area contributed by atoms with E-state index >= 15 is 0 Å². The van der Waals surface area contributed by atoms with Gasteiger partial charge in [0.2, 0.25) is 0 Å². The third kappa shape index (κ3) is 19.8. The van der Waals surface area contributed by atoms with Gasteiger partial charge in [0.05, 0.1) is 25.4 Å². The van der Waals surface area contributed by atoms with E-state index in [9.17, 15) is 40.9 Å². The summed E-state index contributed by atoms with van der Waals surface area (Å²) < 4.78 is 0.221.